The van der Waals surface area contributed by atoms with Crippen molar-refractivity contribution in [2.24, 2.45) is 0 Å². The quantitative estimate of drug-likeness (QED) is 0.486. The van der Waals surface area contributed by atoms with E-state index in [-0.39, 0.29) is 18.4 Å². The number of imidazole rings is 1. The third kappa shape index (κ3) is 5.42. The molecule has 0 spiro atoms. The second kappa shape index (κ2) is 10.6. The lowest BCUT2D eigenvalue weighted by Gasteiger charge is -2.18. The van der Waals surface area contributed by atoms with Gasteiger partial charge in [-0.2, -0.15) is 0 Å². The first-order valence-electron chi connectivity index (χ1n) is 10.6. The van der Waals surface area contributed by atoms with Gasteiger partial charge in [-0.15, -0.1) is 0 Å². The number of carboxylic acid groups (broad SMARTS) is 1. The van der Waals surface area contributed by atoms with E-state index in [1.807, 2.05) is 17.6 Å². The lowest BCUT2D eigenvalue weighted by atomic mass is 10.1. The van der Waals surface area contributed by atoms with Gasteiger partial charge in [-0.1, -0.05) is 6.92 Å². The summed E-state index contributed by atoms with van der Waals surface area (Å²) in [5.74, 6) is -0.810. The summed E-state index contributed by atoms with van der Waals surface area (Å²) in [5.41, 5.74) is 1.43. The molecule has 180 valence electrons. The molecule has 1 unspecified atom stereocenters. The molecule has 0 radical (unpaired) electrons. The number of imide groups is 1. The van der Waals surface area contributed by atoms with Crippen molar-refractivity contribution in [1.29, 1.82) is 0 Å². The minimum absolute atomic E-state index is 0.150. The van der Waals surface area contributed by atoms with Crippen molar-refractivity contribution < 1.29 is 33.4 Å². The number of carbonyl (C=O) groups is 4. The van der Waals surface area contributed by atoms with Crippen LogP contribution < -0.4 is 5.32 Å². The van der Waals surface area contributed by atoms with Crippen LogP contribution >= 0.6 is 0 Å². The van der Waals surface area contributed by atoms with E-state index in [9.17, 15) is 19.2 Å². The maximum Gasteiger partial charge on any atom is 0.416 e. The Morgan fingerprint density at radius 3 is 2.62 bits per heavy atom. The van der Waals surface area contributed by atoms with Crippen molar-refractivity contribution in [2.45, 2.75) is 38.8 Å². The SMILES string of the molecule is CCC(NC(=O)CCC(=O)O)c1nc2cc(C(=O)N(C)C(=O)OC)ccc2n1Cc1ccco1. The minimum Gasteiger partial charge on any atom is -0.481 e. The van der Waals surface area contributed by atoms with E-state index in [2.05, 4.69) is 15.0 Å². The highest BCUT2D eigenvalue weighted by atomic mass is 16.5. The van der Waals surface area contributed by atoms with Crippen LogP contribution in [0.1, 0.15) is 54.2 Å². The van der Waals surface area contributed by atoms with Crippen LogP contribution in [-0.2, 0) is 20.9 Å². The van der Waals surface area contributed by atoms with Crippen LogP contribution in [0.4, 0.5) is 4.79 Å². The van der Waals surface area contributed by atoms with E-state index in [0.29, 0.717) is 35.6 Å². The molecule has 3 amide bonds. The van der Waals surface area contributed by atoms with Crippen molar-refractivity contribution >= 4 is 34.9 Å². The number of hydrogen-bond donors (Lipinski definition) is 2. The highest BCUT2D eigenvalue weighted by Crippen LogP contribution is 2.26. The molecule has 2 aromatic heterocycles. The molecule has 0 saturated carbocycles. The monoisotopic (exact) mass is 470 g/mol. The van der Waals surface area contributed by atoms with E-state index in [1.54, 1.807) is 30.5 Å². The number of methoxy groups -OCH3 is 1. The standard InChI is InChI=1S/C23H26N4O7/c1-4-16(24-19(28)9-10-20(29)30)21-25-17-12-14(22(31)26(2)23(32)33-3)7-8-18(17)27(21)13-15-6-5-11-34-15/h5-8,11-12,16H,4,9-10,13H2,1-3H3,(H,24,28)(H,29,30). The topological polar surface area (TPSA) is 144 Å². The fraction of sp³-hybridized carbons (Fsp3) is 0.348. The first kappa shape index (κ1) is 24.5. The van der Waals surface area contributed by atoms with E-state index >= 15 is 0 Å². The summed E-state index contributed by atoms with van der Waals surface area (Å²) in [4.78, 5) is 53.1. The zero-order valence-electron chi connectivity index (χ0n) is 19.1. The number of nitrogens with zero attached hydrogens (tertiary/aromatic N) is 3. The Bertz CT molecular complexity index is 1200. The molecule has 3 aromatic rings. The summed E-state index contributed by atoms with van der Waals surface area (Å²) < 4.78 is 12.0. The summed E-state index contributed by atoms with van der Waals surface area (Å²) in [6.45, 7) is 2.20. The highest BCUT2D eigenvalue weighted by Gasteiger charge is 2.24. The minimum atomic E-state index is -1.05. The summed E-state index contributed by atoms with van der Waals surface area (Å²) in [7, 11) is 2.51. The van der Waals surface area contributed by atoms with Gasteiger partial charge in [0.05, 0.1) is 43.4 Å². The van der Waals surface area contributed by atoms with Gasteiger partial charge in [0.2, 0.25) is 5.91 Å². The Hall–Kier alpha value is -4.15. The van der Waals surface area contributed by atoms with Crippen LogP contribution in [0.3, 0.4) is 0 Å². The zero-order chi connectivity index (χ0) is 24.8. The first-order chi connectivity index (χ1) is 16.2. The van der Waals surface area contributed by atoms with Gasteiger partial charge in [0.15, 0.2) is 0 Å². The van der Waals surface area contributed by atoms with Crippen molar-refractivity contribution in [3.8, 4) is 0 Å². The molecule has 11 nitrogen and oxygen atoms in total. The Morgan fingerprint density at radius 2 is 2.00 bits per heavy atom. The molecule has 0 aliphatic carbocycles. The summed E-state index contributed by atoms with van der Waals surface area (Å²) in [5, 5.41) is 11.7. The molecule has 2 N–H and O–H groups in total. The molecular formula is C23H26N4O7. The molecule has 3 rings (SSSR count). The second-order valence-electron chi connectivity index (χ2n) is 7.60. The number of nitrogens with one attached hydrogen (secondary N) is 1. The smallest absolute Gasteiger partial charge is 0.416 e. The molecule has 0 saturated heterocycles. The summed E-state index contributed by atoms with van der Waals surface area (Å²) in [6, 6.07) is 7.94. The summed E-state index contributed by atoms with van der Waals surface area (Å²) in [6.07, 6.45) is 0.840. The number of aliphatic carboxylic acids is 1. The number of furan rings is 1. The van der Waals surface area contributed by atoms with Gasteiger partial charge in [0, 0.05) is 19.0 Å². The van der Waals surface area contributed by atoms with Gasteiger partial charge in [0.1, 0.15) is 11.6 Å². The van der Waals surface area contributed by atoms with E-state index in [0.717, 1.165) is 4.90 Å². The Balaban J connectivity index is 2.00. The van der Waals surface area contributed by atoms with Crippen molar-refractivity contribution in [2.75, 3.05) is 14.2 Å². The first-order valence-corrected chi connectivity index (χ1v) is 10.6. The molecule has 0 bridgehead atoms. The molecule has 2 heterocycles. The normalized spacial score (nSPS) is 11.7. The van der Waals surface area contributed by atoms with Gasteiger partial charge in [-0.3, -0.25) is 14.4 Å². The van der Waals surface area contributed by atoms with Crippen LogP contribution in [0.2, 0.25) is 0 Å². The van der Waals surface area contributed by atoms with Crippen molar-refractivity contribution in [3.63, 3.8) is 0 Å². The number of carbonyl (C=O) groups excluding carboxylic acids is 3. The molecule has 0 aliphatic heterocycles. The van der Waals surface area contributed by atoms with Gasteiger partial charge in [0.25, 0.3) is 5.91 Å². The van der Waals surface area contributed by atoms with Crippen LogP contribution in [0.5, 0.6) is 0 Å². The maximum atomic E-state index is 12.7. The number of fused-ring (bicyclic) bond motifs is 1. The third-order valence-electron chi connectivity index (χ3n) is 5.29. The van der Waals surface area contributed by atoms with Gasteiger partial charge in [-0.25, -0.2) is 14.7 Å². The molecule has 1 aromatic carbocycles. The fourth-order valence-electron chi connectivity index (χ4n) is 3.52. The van der Waals surface area contributed by atoms with Crippen LogP contribution in [0.25, 0.3) is 11.0 Å². The van der Waals surface area contributed by atoms with Crippen molar-refractivity contribution in [3.05, 3.63) is 53.7 Å². The average molecular weight is 470 g/mol. The van der Waals surface area contributed by atoms with E-state index in [1.165, 1.54) is 14.2 Å². The third-order valence-corrected chi connectivity index (χ3v) is 5.29. The largest absolute Gasteiger partial charge is 0.481 e. The van der Waals surface area contributed by atoms with Crippen LogP contribution in [0.15, 0.2) is 41.0 Å². The van der Waals surface area contributed by atoms with Gasteiger partial charge >= 0.3 is 12.1 Å². The maximum absolute atomic E-state index is 12.7. The predicted octanol–water partition coefficient (Wildman–Crippen LogP) is 2.95. The highest BCUT2D eigenvalue weighted by molar-refractivity contribution is 6.04. The Kier molecular flexibility index (Phi) is 7.67. The lowest BCUT2D eigenvalue weighted by molar-refractivity contribution is -0.138. The lowest BCUT2D eigenvalue weighted by Crippen LogP contribution is -2.32. The number of rotatable bonds is 9. The number of benzene rings is 1. The molecule has 0 aliphatic rings. The molecular weight excluding hydrogens is 444 g/mol. The van der Waals surface area contributed by atoms with Gasteiger partial charge in [-0.05, 0) is 36.8 Å². The van der Waals surface area contributed by atoms with E-state index in [4.69, 9.17) is 9.52 Å². The van der Waals surface area contributed by atoms with Crippen molar-refractivity contribution in [1.82, 2.24) is 19.8 Å². The van der Waals surface area contributed by atoms with E-state index < -0.39 is 29.9 Å². The fourth-order valence-corrected chi connectivity index (χ4v) is 3.52. The Labute approximate surface area is 195 Å². The molecule has 1 atom stereocenters. The number of amides is 3. The predicted molar refractivity (Wildman–Crippen MR) is 120 cm³/mol. The van der Waals surface area contributed by atoms with Gasteiger partial charge < -0.3 is 24.1 Å². The van der Waals surface area contributed by atoms with Crippen LogP contribution in [0, 0.1) is 0 Å². The molecule has 34 heavy (non-hydrogen) atoms. The number of aromatic nitrogens is 2. The van der Waals surface area contributed by atoms with Crippen LogP contribution in [-0.4, -0.2) is 57.6 Å². The Morgan fingerprint density at radius 1 is 1.24 bits per heavy atom. The average Bonchev–Trinajstić information content (AvgIpc) is 3.47. The number of hydrogen-bond acceptors (Lipinski definition) is 7. The zero-order valence-corrected chi connectivity index (χ0v) is 19.1. The number of carboxylic acids is 1. The second-order valence-corrected chi connectivity index (χ2v) is 7.60. The molecule has 11 heteroatoms. The number of ether oxygens (including phenoxy) is 1. The molecule has 0 fully saturated rings. The summed E-state index contributed by atoms with van der Waals surface area (Å²) >= 11 is 0.